The van der Waals surface area contributed by atoms with Gasteiger partial charge in [-0.3, -0.25) is 14.4 Å². The number of carbonyl (C=O) groups excluding carboxylic acids is 3. The van der Waals surface area contributed by atoms with E-state index in [0.29, 0.717) is 32.2 Å². The highest BCUT2D eigenvalue weighted by molar-refractivity contribution is 5.92. The van der Waals surface area contributed by atoms with Crippen molar-refractivity contribution in [2.45, 2.75) is 58.6 Å². The third-order valence-corrected chi connectivity index (χ3v) is 8.00. The molecule has 0 bridgehead atoms. The summed E-state index contributed by atoms with van der Waals surface area (Å²) in [7, 11) is 1.40. The molecule has 1 aromatic heterocycles. The predicted octanol–water partition coefficient (Wildman–Crippen LogP) is 3.05. The van der Waals surface area contributed by atoms with Crippen LogP contribution in [0.25, 0.3) is 0 Å². The maximum absolute atomic E-state index is 13.8. The Kier molecular flexibility index (Phi) is 5.29. The van der Waals surface area contributed by atoms with E-state index in [0.717, 1.165) is 5.56 Å². The van der Waals surface area contributed by atoms with Crippen LogP contribution >= 0.6 is 0 Å². The van der Waals surface area contributed by atoms with E-state index >= 15 is 0 Å². The molecule has 1 N–H and O–H groups in total. The summed E-state index contributed by atoms with van der Waals surface area (Å²) >= 11 is 0. The first kappa shape index (κ1) is 21.1. The van der Waals surface area contributed by atoms with Gasteiger partial charge in [0, 0.05) is 11.5 Å². The number of methoxy groups -OCH3 is 1. The van der Waals surface area contributed by atoms with E-state index in [2.05, 4.69) is 5.32 Å². The lowest BCUT2D eigenvalue weighted by Gasteiger charge is -2.61. The molecule has 0 spiro atoms. The number of hydrogen-bond donors (Lipinski definition) is 1. The van der Waals surface area contributed by atoms with Gasteiger partial charge in [0.25, 0.3) is 0 Å². The summed E-state index contributed by atoms with van der Waals surface area (Å²) in [6.07, 6.45) is 4.88. The summed E-state index contributed by atoms with van der Waals surface area (Å²) in [5.74, 6) is -1.62. The van der Waals surface area contributed by atoms with E-state index in [4.69, 9.17) is 13.9 Å². The molecular formula is C23H31NO6. The van der Waals surface area contributed by atoms with Crippen LogP contribution in [-0.2, 0) is 23.9 Å². The van der Waals surface area contributed by atoms with Crippen molar-refractivity contribution >= 4 is 17.7 Å². The van der Waals surface area contributed by atoms with Gasteiger partial charge in [-0.05, 0) is 49.1 Å². The van der Waals surface area contributed by atoms with Crippen molar-refractivity contribution in [1.82, 2.24) is 5.32 Å². The zero-order valence-electron chi connectivity index (χ0n) is 18.1. The molecule has 2 saturated carbocycles. The topological polar surface area (TPSA) is 94.8 Å². The normalized spacial score (nSPS) is 40.9. The number of likely N-dealkylation sites (N-methyl/N-ethyl adjacent to an activating group) is 1. The Morgan fingerprint density at radius 1 is 1.30 bits per heavy atom. The Hall–Kier alpha value is -2.15. The van der Waals surface area contributed by atoms with Crippen LogP contribution in [0.1, 0.15) is 58.1 Å². The predicted molar refractivity (Wildman–Crippen MR) is 107 cm³/mol. The molecule has 7 heteroatoms. The SMILES string of the molecule is CCN[C@@H]1C[C@@H](C(=O)OC)[C@]2(C)CC[C@H]3C(=O)O[C@@H](c4ccoc4)C[C@]3(C)[C@H]2C1=O. The van der Waals surface area contributed by atoms with Crippen LogP contribution in [0.15, 0.2) is 23.0 Å². The average Bonchev–Trinajstić information content (AvgIpc) is 3.23. The molecule has 2 aliphatic carbocycles. The molecule has 3 fully saturated rings. The third-order valence-electron chi connectivity index (χ3n) is 8.00. The molecule has 4 rings (SSSR count). The lowest BCUT2D eigenvalue weighted by atomic mass is 9.43. The fraction of sp³-hybridized carbons (Fsp3) is 0.696. The number of furan rings is 1. The third kappa shape index (κ3) is 3.01. The van der Waals surface area contributed by atoms with Gasteiger partial charge in [-0.2, -0.15) is 0 Å². The summed E-state index contributed by atoms with van der Waals surface area (Å²) in [5, 5.41) is 3.27. The minimum absolute atomic E-state index is 0.104. The fourth-order valence-corrected chi connectivity index (χ4v) is 6.62. The lowest BCUT2D eigenvalue weighted by molar-refractivity contribution is -0.203. The molecule has 1 aromatic rings. The van der Waals surface area contributed by atoms with Crippen LogP contribution in [0, 0.1) is 28.6 Å². The molecule has 0 radical (unpaired) electrons. The number of carbonyl (C=O) groups is 3. The first-order valence-electron chi connectivity index (χ1n) is 10.8. The number of esters is 2. The minimum atomic E-state index is -0.609. The van der Waals surface area contributed by atoms with Crippen LogP contribution in [0.5, 0.6) is 0 Å². The molecule has 0 aromatic carbocycles. The molecule has 2 heterocycles. The van der Waals surface area contributed by atoms with Crippen molar-refractivity contribution in [2.24, 2.45) is 28.6 Å². The van der Waals surface area contributed by atoms with Gasteiger partial charge in [-0.1, -0.05) is 20.8 Å². The van der Waals surface area contributed by atoms with Crippen molar-refractivity contribution in [3.8, 4) is 0 Å². The molecule has 164 valence electrons. The van der Waals surface area contributed by atoms with Crippen molar-refractivity contribution in [3.63, 3.8) is 0 Å². The standard InChI is InChI=1S/C23H31NO6/c1-5-24-16-10-15(20(26)28-4)22(2)8-6-14-21(27)30-17(13-7-9-29-12-13)11-23(14,3)19(22)18(16)25/h7,9,12,14-17,19,24H,5-6,8,10-11H2,1-4H3/t14-,15-,16+,17+,19-,22-,23-/m0/s1. The molecule has 0 amide bonds. The molecule has 7 atom stereocenters. The molecular weight excluding hydrogens is 386 g/mol. The van der Waals surface area contributed by atoms with E-state index < -0.39 is 34.8 Å². The monoisotopic (exact) mass is 417 g/mol. The van der Waals surface area contributed by atoms with E-state index in [9.17, 15) is 14.4 Å². The Labute approximate surface area is 176 Å². The highest BCUT2D eigenvalue weighted by atomic mass is 16.5. The van der Waals surface area contributed by atoms with Crippen molar-refractivity contribution in [2.75, 3.05) is 13.7 Å². The number of cyclic esters (lactones) is 1. The first-order valence-corrected chi connectivity index (χ1v) is 10.8. The zero-order chi connectivity index (χ0) is 21.7. The van der Waals surface area contributed by atoms with E-state index in [1.165, 1.54) is 7.11 Å². The Balaban J connectivity index is 1.79. The Morgan fingerprint density at radius 2 is 2.07 bits per heavy atom. The largest absolute Gasteiger partial charge is 0.472 e. The smallest absolute Gasteiger partial charge is 0.310 e. The van der Waals surface area contributed by atoms with Gasteiger partial charge in [0.05, 0.1) is 37.5 Å². The van der Waals surface area contributed by atoms with Gasteiger partial charge in [0.15, 0.2) is 5.78 Å². The number of nitrogens with one attached hydrogen (secondary N) is 1. The average molecular weight is 418 g/mol. The van der Waals surface area contributed by atoms with Crippen molar-refractivity contribution < 1.29 is 28.3 Å². The quantitative estimate of drug-likeness (QED) is 0.753. The second-order valence-electron chi connectivity index (χ2n) is 9.55. The number of hydrogen-bond acceptors (Lipinski definition) is 7. The Morgan fingerprint density at radius 3 is 2.70 bits per heavy atom. The second-order valence-corrected chi connectivity index (χ2v) is 9.55. The molecule has 30 heavy (non-hydrogen) atoms. The summed E-state index contributed by atoms with van der Waals surface area (Å²) in [6.45, 7) is 6.65. The molecule has 3 aliphatic rings. The number of ether oxygens (including phenoxy) is 2. The van der Waals surface area contributed by atoms with Gasteiger partial charge in [-0.15, -0.1) is 0 Å². The number of Topliss-reactive ketones (excluding diaryl/α,β-unsaturated/α-hetero) is 1. The first-order chi connectivity index (χ1) is 14.3. The number of fused-ring (bicyclic) bond motifs is 3. The van der Waals surface area contributed by atoms with Crippen LogP contribution in [0.2, 0.25) is 0 Å². The van der Waals surface area contributed by atoms with Gasteiger partial charge < -0.3 is 19.2 Å². The zero-order valence-corrected chi connectivity index (χ0v) is 18.1. The lowest BCUT2D eigenvalue weighted by Crippen LogP contribution is -2.66. The summed E-state index contributed by atoms with van der Waals surface area (Å²) in [4.78, 5) is 39.6. The van der Waals surface area contributed by atoms with Crippen LogP contribution in [0.4, 0.5) is 0 Å². The summed E-state index contributed by atoms with van der Waals surface area (Å²) in [6, 6.07) is 1.38. The van der Waals surface area contributed by atoms with Gasteiger partial charge >= 0.3 is 11.9 Å². The van der Waals surface area contributed by atoms with Crippen LogP contribution < -0.4 is 5.32 Å². The maximum atomic E-state index is 13.8. The van der Waals surface area contributed by atoms with Crippen LogP contribution in [-0.4, -0.2) is 37.4 Å². The van der Waals surface area contributed by atoms with Gasteiger partial charge in [0.1, 0.15) is 6.10 Å². The van der Waals surface area contributed by atoms with E-state index in [1.54, 1.807) is 18.6 Å². The number of rotatable bonds is 4. The van der Waals surface area contributed by atoms with Crippen molar-refractivity contribution in [3.05, 3.63) is 24.2 Å². The van der Waals surface area contributed by atoms with Gasteiger partial charge in [0.2, 0.25) is 0 Å². The molecule has 1 aliphatic heterocycles. The van der Waals surface area contributed by atoms with Crippen LogP contribution in [0.3, 0.4) is 0 Å². The highest BCUT2D eigenvalue weighted by Crippen LogP contribution is 2.64. The maximum Gasteiger partial charge on any atom is 0.310 e. The fourth-order valence-electron chi connectivity index (χ4n) is 6.62. The number of ketones is 1. The Bertz CT molecular complexity index is 835. The van der Waals surface area contributed by atoms with Gasteiger partial charge in [-0.25, -0.2) is 0 Å². The molecule has 1 saturated heterocycles. The van der Waals surface area contributed by atoms with Crippen molar-refractivity contribution in [1.29, 1.82) is 0 Å². The summed E-state index contributed by atoms with van der Waals surface area (Å²) in [5.41, 5.74) is -0.368. The van der Waals surface area contributed by atoms with E-state index in [-0.39, 0.29) is 23.6 Å². The summed E-state index contributed by atoms with van der Waals surface area (Å²) < 4.78 is 16.1. The highest BCUT2D eigenvalue weighted by Gasteiger charge is 2.67. The molecule has 0 unspecified atom stereocenters. The minimum Gasteiger partial charge on any atom is -0.472 e. The second kappa shape index (κ2) is 7.52. The molecule has 7 nitrogen and oxygen atoms in total. The van der Waals surface area contributed by atoms with E-state index in [1.807, 2.05) is 20.8 Å².